The maximum atomic E-state index is 12.4. The molecule has 0 spiro atoms. The van der Waals surface area contributed by atoms with Crippen LogP contribution in [-0.4, -0.2) is 20.4 Å². The highest BCUT2D eigenvalue weighted by molar-refractivity contribution is 5.72. The van der Waals surface area contributed by atoms with E-state index in [1.807, 2.05) is 30.3 Å². The quantitative estimate of drug-likeness (QED) is 0.672. The summed E-state index contributed by atoms with van der Waals surface area (Å²) in [5, 5.41) is 0. The van der Waals surface area contributed by atoms with Crippen molar-refractivity contribution in [2.24, 2.45) is 0 Å². The second-order valence-corrected chi connectivity index (χ2v) is 4.48. The largest absolute Gasteiger partial charge is 0.331 e. The van der Waals surface area contributed by atoms with Gasteiger partial charge in [0.1, 0.15) is 6.29 Å². The van der Waals surface area contributed by atoms with Crippen molar-refractivity contribution in [3.05, 3.63) is 64.7 Å². The van der Waals surface area contributed by atoms with Crippen molar-refractivity contribution >= 4 is 17.5 Å². The average molecular weight is 267 g/mol. The number of benzene rings is 1. The van der Waals surface area contributed by atoms with Crippen molar-refractivity contribution in [2.75, 3.05) is 0 Å². The van der Waals surface area contributed by atoms with Gasteiger partial charge in [-0.15, -0.1) is 0 Å². The van der Waals surface area contributed by atoms with E-state index in [2.05, 4.69) is 4.98 Å². The number of pyridine rings is 1. The first kappa shape index (κ1) is 12.3. The molecular formula is C15H13N3O2. The predicted octanol–water partition coefficient (Wildman–Crippen LogP) is 1.45. The van der Waals surface area contributed by atoms with Crippen LogP contribution >= 0.6 is 0 Å². The van der Waals surface area contributed by atoms with E-state index in [0.29, 0.717) is 17.7 Å². The van der Waals surface area contributed by atoms with Gasteiger partial charge in [0.25, 0.3) is 0 Å². The van der Waals surface area contributed by atoms with Crippen molar-refractivity contribution in [3.63, 3.8) is 0 Å². The first-order chi connectivity index (χ1) is 9.81. The van der Waals surface area contributed by atoms with Gasteiger partial charge in [-0.3, -0.25) is 9.13 Å². The predicted molar refractivity (Wildman–Crippen MR) is 75.6 cm³/mol. The molecular weight excluding hydrogens is 254 g/mol. The number of carbonyl (C=O) groups excluding carboxylic acids is 1. The molecule has 0 aliphatic carbocycles. The third-order valence-corrected chi connectivity index (χ3v) is 3.21. The van der Waals surface area contributed by atoms with Crippen molar-refractivity contribution in [1.29, 1.82) is 0 Å². The SMILES string of the molecule is O=CCn1c(=O)n(Cc2ccccc2)c2ncccc21. The van der Waals surface area contributed by atoms with Gasteiger partial charge in [0.05, 0.1) is 18.6 Å². The van der Waals surface area contributed by atoms with Gasteiger partial charge in [0, 0.05) is 6.20 Å². The number of hydrogen-bond acceptors (Lipinski definition) is 3. The Kier molecular flexibility index (Phi) is 3.16. The van der Waals surface area contributed by atoms with Gasteiger partial charge in [0.2, 0.25) is 0 Å². The van der Waals surface area contributed by atoms with E-state index in [1.165, 1.54) is 4.57 Å². The number of fused-ring (bicyclic) bond motifs is 1. The van der Waals surface area contributed by atoms with Crippen LogP contribution in [0.3, 0.4) is 0 Å². The third-order valence-electron chi connectivity index (χ3n) is 3.21. The fourth-order valence-electron chi connectivity index (χ4n) is 2.31. The van der Waals surface area contributed by atoms with E-state index in [4.69, 9.17) is 0 Å². The second-order valence-electron chi connectivity index (χ2n) is 4.48. The monoisotopic (exact) mass is 267 g/mol. The van der Waals surface area contributed by atoms with E-state index in [1.54, 1.807) is 22.9 Å². The van der Waals surface area contributed by atoms with E-state index in [0.717, 1.165) is 11.8 Å². The summed E-state index contributed by atoms with van der Waals surface area (Å²) < 4.78 is 3.03. The number of imidazole rings is 1. The lowest BCUT2D eigenvalue weighted by Gasteiger charge is -2.02. The zero-order valence-electron chi connectivity index (χ0n) is 10.8. The first-order valence-electron chi connectivity index (χ1n) is 6.33. The molecule has 0 N–H and O–H groups in total. The van der Waals surface area contributed by atoms with Crippen LogP contribution in [0.25, 0.3) is 11.2 Å². The number of aromatic nitrogens is 3. The Morgan fingerprint density at radius 2 is 1.85 bits per heavy atom. The third kappa shape index (κ3) is 2.03. The molecule has 0 fully saturated rings. The standard InChI is InChI=1S/C15H13N3O2/c19-10-9-17-13-7-4-8-16-14(13)18(15(17)20)11-12-5-2-1-3-6-12/h1-8,10H,9,11H2. The molecule has 20 heavy (non-hydrogen) atoms. The summed E-state index contributed by atoms with van der Waals surface area (Å²) in [5.74, 6) is 0. The average Bonchev–Trinajstić information content (AvgIpc) is 2.75. The maximum absolute atomic E-state index is 12.4. The molecule has 1 aromatic carbocycles. The first-order valence-corrected chi connectivity index (χ1v) is 6.33. The van der Waals surface area contributed by atoms with Gasteiger partial charge in [-0.05, 0) is 17.7 Å². The molecule has 0 unspecified atom stereocenters. The zero-order valence-corrected chi connectivity index (χ0v) is 10.8. The molecule has 0 atom stereocenters. The minimum Gasteiger partial charge on any atom is -0.301 e. The Bertz CT molecular complexity index is 803. The number of rotatable bonds is 4. The van der Waals surface area contributed by atoms with Crippen molar-refractivity contribution in [1.82, 2.24) is 14.1 Å². The summed E-state index contributed by atoms with van der Waals surface area (Å²) in [7, 11) is 0. The number of aldehydes is 1. The Morgan fingerprint density at radius 3 is 2.60 bits per heavy atom. The van der Waals surface area contributed by atoms with Gasteiger partial charge in [-0.2, -0.15) is 0 Å². The van der Waals surface area contributed by atoms with Crippen LogP contribution in [0.1, 0.15) is 5.56 Å². The van der Waals surface area contributed by atoms with Gasteiger partial charge < -0.3 is 4.79 Å². The van der Waals surface area contributed by atoms with Gasteiger partial charge in [-0.1, -0.05) is 30.3 Å². The minimum absolute atomic E-state index is 0.0445. The summed E-state index contributed by atoms with van der Waals surface area (Å²) in [5.41, 5.74) is 2.09. The van der Waals surface area contributed by atoms with Gasteiger partial charge in [-0.25, -0.2) is 9.78 Å². The van der Waals surface area contributed by atoms with Crippen molar-refractivity contribution in [2.45, 2.75) is 13.1 Å². The maximum Gasteiger partial charge on any atom is 0.331 e. The Labute approximate surface area is 115 Å². The summed E-state index contributed by atoms with van der Waals surface area (Å²) in [6, 6.07) is 13.3. The molecule has 0 aliphatic heterocycles. The highest BCUT2D eigenvalue weighted by Gasteiger charge is 2.13. The molecule has 0 saturated heterocycles. The van der Waals surface area contributed by atoms with E-state index in [-0.39, 0.29) is 12.2 Å². The molecule has 0 radical (unpaired) electrons. The normalized spacial score (nSPS) is 10.8. The summed E-state index contributed by atoms with van der Waals surface area (Å²) >= 11 is 0. The fourth-order valence-corrected chi connectivity index (χ4v) is 2.31. The highest BCUT2D eigenvalue weighted by atomic mass is 16.2. The Hall–Kier alpha value is -2.69. The molecule has 0 saturated carbocycles. The number of nitrogens with zero attached hydrogens (tertiary/aromatic N) is 3. The molecule has 3 rings (SSSR count). The van der Waals surface area contributed by atoms with Crippen LogP contribution in [0, 0.1) is 0 Å². The lowest BCUT2D eigenvalue weighted by molar-refractivity contribution is -0.108. The molecule has 100 valence electrons. The van der Waals surface area contributed by atoms with E-state index in [9.17, 15) is 9.59 Å². The van der Waals surface area contributed by atoms with E-state index >= 15 is 0 Å². The molecule has 5 heteroatoms. The van der Waals surface area contributed by atoms with Crippen LogP contribution in [0.2, 0.25) is 0 Å². The minimum atomic E-state index is -0.213. The lowest BCUT2D eigenvalue weighted by Crippen LogP contribution is -2.25. The zero-order chi connectivity index (χ0) is 13.9. The molecule has 5 nitrogen and oxygen atoms in total. The second kappa shape index (κ2) is 5.13. The number of carbonyl (C=O) groups is 1. The van der Waals surface area contributed by atoms with Crippen LogP contribution in [0.15, 0.2) is 53.5 Å². The van der Waals surface area contributed by atoms with Crippen LogP contribution < -0.4 is 5.69 Å². The molecule has 0 aliphatic rings. The smallest absolute Gasteiger partial charge is 0.301 e. The number of hydrogen-bond donors (Lipinski definition) is 0. The van der Waals surface area contributed by atoms with Gasteiger partial charge >= 0.3 is 5.69 Å². The van der Waals surface area contributed by atoms with E-state index < -0.39 is 0 Å². The summed E-state index contributed by atoms with van der Waals surface area (Å²) in [6.07, 6.45) is 2.37. The molecule has 0 bridgehead atoms. The lowest BCUT2D eigenvalue weighted by atomic mass is 10.2. The summed E-state index contributed by atoms with van der Waals surface area (Å²) in [6.45, 7) is 0.488. The topological polar surface area (TPSA) is 56.9 Å². The summed E-state index contributed by atoms with van der Waals surface area (Å²) in [4.78, 5) is 27.4. The molecule has 0 amide bonds. The van der Waals surface area contributed by atoms with Crippen molar-refractivity contribution in [3.8, 4) is 0 Å². The molecule has 3 aromatic rings. The van der Waals surface area contributed by atoms with Gasteiger partial charge in [0.15, 0.2) is 5.65 Å². The fraction of sp³-hybridized carbons (Fsp3) is 0.133. The van der Waals surface area contributed by atoms with Crippen LogP contribution in [0.5, 0.6) is 0 Å². The Morgan fingerprint density at radius 1 is 1.05 bits per heavy atom. The highest BCUT2D eigenvalue weighted by Crippen LogP contribution is 2.11. The molecule has 2 aromatic heterocycles. The van der Waals surface area contributed by atoms with Crippen molar-refractivity contribution < 1.29 is 4.79 Å². The Balaban J connectivity index is 2.18. The van der Waals surface area contributed by atoms with Crippen LogP contribution in [-0.2, 0) is 17.9 Å². The van der Waals surface area contributed by atoms with Crippen LogP contribution in [0.4, 0.5) is 0 Å². The molecule has 2 heterocycles.